The van der Waals surface area contributed by atoms with E-state index in [2.05, 4.69) is 21.3 Å². The van der Waals surface area contributed by atoms with E-state index in [1.165, 1.54) is 14.2 Å². The van der Waals surface area contributed by atoms with Crippen LogP contribution in [0.25, 0.3) is 0 Å². The molecular weight excluding hydrogens is 536 g/mol. The van der Waals surface area contributed by atoms with Crippen molar-refractivity contribution in [2.24, 2.45) is 0 Å². The van der Waals surface area contributed by atoms with Crippen molar-refractivity contribution in [1.82, 2.24) is 21.3 Å². The first kappa shape index (κ1) is 38.7. The smallest absolute Gasteiger partial charge is 0.323 e. The van der Waals surface area contributed by atoms with E-state index in [4.69, 9.17) is 23.7 Å². The Morgan fingerprint density at radius 3 is 1.59 bits per heavy atom. The first-order chi connectivity index (χ1) is 19.5. The Labute approximate surface area is 245 Å². The molecule has 0 rings (SSSR count). The van der Waals surface area contributed by atoms with Crippen LogP contribution in [-0.4, -0.2) is 114 Å². The lowest BCUT2D eigenvalue weighted by atomic mass is 10.1. The summed E-state index contributed by atoms with van der Waals surface area (Å²) >= 11 is 0. The van der Waals surface area contributed by atoms with Crippen LogP contribution in [0.1, 0.15) is 67.2 Å². The van der Waals surface area contributed by atoms with Gasteiger partial charge in [-0.15, -0.1) is 0 Å². The largest absolute Gasteiger partial charge is 0.469 e. The van der Waals surface area contributed by atoms with Gasteiger partial charge in [-0.2, -0.15) is 0 Å². The normalized spacial score (nSPS) is 15.6. The van der Waals surface area contributed by atoms with E-state index in [0.29, 0.717) is 39.6 Å². The molecule has 240 valence electrons. The van der Waals surface area contributed by atoms with Gasteiger partial charge in [0.1, 0.15) is 6.04 Å². The summed E-state index contributed by atoms with van der Waals surface area (Å²) in [6, 6.07) is -1.72. The fourth-order valence-electron chi connectivity index (χ4n) is 3.56. The maximum Gasteiger partial charge on any atom is 0.323 e. The first-order valence-electron chi connectivity index (χ1n) is 14.5. The zero-order chi connectivity index (χ0) is 31.2. The number of rotatable bonds is 24. The van der Waals surface area contributed by atoms with Crippen LogP contribution in [0.2, 0.25) is 0 Å². The number of ether oxygens (including phenoxy) is 5. The molecule has 0 aromatic carbocycles. The van der Waals surface area contributed by atoms with Crippen LogP contribution in [0.5, 0.6) is 0 Å². The molecule has 0 aliphatic carbocycles. The van der Waals surface area contributed by atoms with Gasteiger partial charge in [0.15, 0.2) is 0 Å². The molecule has 13 nitrogen and oxygen atoms in total. The molecule has 0 saturated carbocycles. The molecule has 13 heteroatoms. The van der Waals surface area contributed by atoms with Gasteiger partial charge in [0.2, 0.25) is 11.8 Å². The topological polar surface area (TPSA) is 163 Å². The van der Waals surface area contributed by atoms with Gasteiger partial charge in [0.25, 0.3) is 0 Å². The molecule has 0 bridgehead atoms. The zero-order valence-electron chi connectivity index (χ0n) is 26.2. The van der Waals surface area contributed by atoms with E-state index < -0.39 is 24.0 Å². The molecule has 41 heavy (non-hydrogen) atoms. The monoisotopic (exact) mass is 590 g/mol. The Bertz CT molecular complexity index is 756. The van der Waals surface area contributed by atoms with Gasteiger partial charge in [0, 0.05) is 24.2 Å². The van der Waals surface area contributed by atoms with Crippen LogP contribution < -0.4 is 21.3 Å². The maximum absolute atomic E-state index is 12.6. The molecule has 6 atom stereocenters. The highest BCUT2D eigenvalue weighted by Gasteiger charge is 2.25. The Morgan fingerprint density at radius 2 is 1.10 bits per heavy atom. The summed E-state index contributed by atoms with van der Waals surface area (Å²) in [5, 5.41) is 11.9. The van der Waals surface area contributed by atoms with Crippen LogP contribution in [0.15, 0.2) is 0 Å². The number of hydrogen-bond donors (Lipinski definition) is 4. The number of nitrogens with one attached hydrogen (secondary N) is 4. The standard InChI is InChI=1S/C28H54N4O9/c1-9-19(3)29-23(16-26(34)37-7)27(35)32-22(6)18-41-14-12-39-11-13-40-17-21(5)31-25(33)15-24(28(36)38-8)30-20(4)10-2/h19-24,29-30H,9-18H2,1-8H3,(H,31,33)(H,32,35). The second-order valence-electron chi connectivity index (χ2n) is 10.2. The van der Waals surface area contributed by atoms with Crippen molar-refractivity contribution in [1.29, 1.82) is 0 Å². The molecule has 0 heterocycles. The molecule has 2 amide bonds. The summed E-state index contributed by atoms with van der Waals surface area (Å²) in [6.45, 7) is 13.5. The minimum atomic E-state index is -0.701. The molecule has 0 spiro atoms. The molecule has 0 aliphatic rings. The molecule has 0 aromatic rings. The van der Waals surface area contributed by atoms with Gasteiger partial charge < -0.3 is 45.0 Å². The highest BCUT2D eigenvalue weighted by atomic mass is 16.5. The second-order valence-corrected chi connectivity index (χ2v) is 10.2. The molecule has 0 aromatic heterocycles. The Morgan fingerprint density at radius 1 is 0.610 bits per heavy atom. The lowest BCUT2D eigenvalue weighted by Crippen LogP contribution is -2.51. The number of amides is 2. The molecule has 0 radical (unpaired) electrons. The maximum atomic E-state index is 12.6. The van der Waals surface area contributed by atoms with E-state index in [9.17, 15) is 19.2 Å². The Hall–Kier alpha value is -2.32. The highest BCUT2D eigenvalue weighted by molar-refractivity contribution is 5.87. The van der Waals surface area contributed by atoms with E-state index in [0.717, 1.165) is 12.8 Å². The molecule has 0 fully saturated rings. The number of methoxy groups -OCH3 is 2. The van der Waals surface area contributed by atoms with Gasteiger partial charge in [-0.25, -0.2) is 0 Å². The predicted octanol–water partition coefficient (Wildman–Crippen LogP) is 0.685. The van der Waals surface area contributed by atoms with Crippen molar-refractivity contribution in [3.63, 3.8) is 0 Å². The minimum Gasteiger partial charge on any atom is -0.469 e. The lowest BCUT2D eigenvalue weighted by molar-refractivity contribution is -0.145. The van der Waals surface area contributed by atoms with Crippen molar-refractivity contribution in [2.45, 2.75) is 103 Å². The van der Waals surface area contributed by atoms with Gasteiger partial charge >= 0.3 is 11.9 Å². The van der Waals surface area contributed by atoms with Crippen LogP contribution in [0, 0.1) is 0 Å². The highest BCUT2D eigenvalue weighted by Crippen LogP contribution is 2.02. The average Bonchev–Trinajstić information content (AvgIpc) is 2.94. The number of hydrogen-bond acceptors (Lipinski definition) is 11. The fourth-order valence-corrected chi connectivity index (χ4v) is 3.56. The van der Waals surface area contributed by atoms with Crippen LogP contribution in [-0.2, 0) is 42.9 Å². The van der Waals surface area contributed by atoms with Crippen molar-refractivity contribution < 1.29 is 42.9 Å². The third-order valence-electron chi connectivity index (χ3n) is 6.26. The van der Waals surface area contributed by atoms with Crippen molar-refractivity contribution >= 4 is 23.8 Å². The minimum absolute atomic E-state index is 0.0181. The van der Waals surface area contributed by atoms with Crippen molar-refractivity contribution in [2.75, 3.05) is 53.9 Å². The first-order valence-corrected chi connectivity index (χ1v) is 14.5. The summed E-state index contributed by atoms with van der Waals surface area (Å²) in [4.78, 5) is 48.6. The van der Waals surface area contributed by atoms with Gasteiger partial charge in [0.05, 0.1) is 72.7 Å². The number of carbonyl (C=O) groups is 4. The van der Waals surface area contributed by atoms with Gasteiger partial charge in [-0.3, -0.25) is 19.2 Å². The van der Waals surface area contributed by atoms with Gasteiger partial charge in [-0.05, 0) is 40.5 Å². The van der Waals surface area contributed by atoms with Crippen molar-refractivity contribution in [3.05, 3.63) is 0 Å². The molecule has 0 saturated heterocycles. The molecular formula is C28H54N4O9. The summed E-state index contributed by atoms with van der Waals surface area (Å²) in [5.41, 5.74) is 0. The SMILES string of the molecule is CCC(C)NC(CC(=O)OC)C(=O)NC(C)COCCOCCOCC(C)NC(=O)CC(NC(C)CC)C(=O)OC. The van der Waals surface area contributed by atoms with Crippen LogP contribution >= 0.6 is 0 Å². The average molecular weight is 591 g/mol. The fraction of sp³-hybridized carbons (Fsp3) is 0.857. The summed E-state index contributed by atoms with van der Waals surface area (Å²) in [6.07, 6.45) is 1.57. The van der Waals surface area contributed by atoms with E-state index in [1.54, 1.807) is 0 Å². The Balaban J connectivity index is 4.09. The van der Waals surface area contributed by atoms with E-state index in [1.807, 2.05) is 41.5 Å². The van der Waals surface area contributed by atoms with Crippen molar-refractivity contribution in [3.8, 4) is 0 Å². The molecule has 6 unspecified atom stereocenters. The molecule has 4 N–H and O–H groups in total. The molecule has 0 aliphatic heterocycles. The third-order valence-corrected chi connectivity index (χ3v) is 6.26. The lowest BCUT2D eigenvalue weighted by Gasteiger charge is -2.23. The third kappa shape index (κ3) is 19.4. The number of esters is 2. The second kappa shape index (κ2) is 23.3. The summed E-state index contributed by atoms with van der Waals surface area (Å²) < 4.78 is 26.1. The number of carbonyl (C=O) groups excluding carboxylic acids is 4. The predicted molar refractivity (Wildman–Crippen MR) is 154 cm³/mol. The van der Waals surface area contributed by atoms with E-state index in [-0.39, 0.29) is 48.8 Å². The quantitative estimate of drug-likeness (QED) is 0.0924. The van der Waals surface area contributed by atoms with Crippen LogP contribution in [0.4, 0.5) is 0 Å². The summed E-state index contributed by atoms with van der Waals surface area (Å²) in [5.74, 6) is -1.47. The van der Waals surface area contributed by atoms with Crippen LogP contribution in [0.3, 0.4) is 0 Å². The zero-order valence-corrected chi connectivity index (χ0v) is 26.2. The Kier molecular flexibility index (Phi) is 21.9. The van der Waals surface area contributed by atoms with E-state index >= 15 is 0 Å². The summed E-state index contributed by atoms with van der Waals surface area (Å²) in [7, 11) is 2.60. The van der Waals surface area contributed by atoms with Gasteiger partial charge in [-0.1, -0.05) is 13.8 Å².